The minimum Gasteiger partial charge on any atom is -0.468 e. The number of hydrogen-bond acceptors (Lipinski definition) is 18. The van der Waals surface area contributed by atoms with Crippen LogP contribution in [0, 0.1) is 0 Å². The van der Waals surface area contributed by atoms with Gasteiger partial charge in [0.25, 0.3) is 0 Å². The lowest BCUT2D eigenvalue weighted by molar-refractivity contribution is -0.154. The molecular formula is C69H132N6O12. The van der Waals surface area contributed by atoms with Gasteiger partial charge in [-0.3, -0.25) is 58.2 Å². The van der Waals surface area contributed by atoms with Crippen LogP contribution in [-0.4, -0.2) is 226 Å². The van der Waals surface area contributed by atoms with E-state index in [4.69, 9.17) is 28.4 Å². The van der Waals surface area contributed by atoms with Crippen LogP contribution in [0.3, 0.4) is 0 Å². The zero-order valence-corrected chi connectivity index (χ0v) is 60.1. The summed E-state index contributed by atoms with van der Waals surface area (Å²) >= 11 is 0. The Kier molecular flexibility index (Phi) is 55.5. The smallest absolute Gasteiger partial charge is 0.326 e. The average molecular weight is 1240 g/mol. The van der Waals surface area contributed by atoms with Crippen LogP contribution in [0.15, 0.2) is 75.9 Å². The topological polar surface area (TPSA) is 177 Å². The van der Waals surface area contributed by atoms with Crippen LogP contribution < -0.4 is 0 Å². The van der Waals surface area contributed by atoms with Crippen molar-refractivity contribution in [3.05, 3.63) is 75.9 Å². The molecule has 6 atom stereocenters. The number of nitrogens with zero attached hydrogens (tertiary/aromatic N) is 6. The van der Waals surface area contributed by atoms with E-state index in [0.29, 0.717) is 6.42 Å². The molecule has 0 N–H and O–H groups in total. The molecular weight excluding hydrogens is 1100 g/mol. The standard InChI is InChI=1S/C14H27NO2.C13H25NO2.C12H23NO2.C11H21NO2.C10H19NO2.C9H17NO2/c1-6-7-8-9-10-11-12-14(2,15(3)4)13(16)17-5;1-6-7-8-9-10-11-13(2,14(3)4)12(15)16-5;1-6-7-8-9-10-12(2,13(3)4)11(14)15-5;1-6-7-8-9-11(2,12(3)4)10(13)14-5;1-6-7-8-10(2,11(3)4)9(12)13-5;1-6-7-9(2,10(3)4)8(11)12-5/h6H,1,7-12H2,2-5H3;6H,1,7-11H2,2-5H3;6H,1,7-10H2,2-5H3;6H,1,7-9H2,2-5H3;6H,1,7-8H2,2-5H3;6H,1,7H2,2-5H3. The van der Waals surface area contributed by atoms with Crippen molar-refractivity contribution < 1.29 is 57.2 Å². The molecule has 6 unspecified atom stereocenters. The number of unbranched alkanes of at least 4 members (excludes halogenated alkanes) is 10. The fourth-order valence-corrected chi connectivity index (χ4v) is 8.37. The third kappa shape index (κ3) is 36.3. The second-order valence-electron chi connectivity index (χ2n) is 24.1. The van der Waals surface area contributed by atoms with E-state index in [2.05, 4.69) is 39.5 Å². The molecule has 0 saturated carbocycles. The largest absolute Gasteiger partial charge is 0.468 e. The molecule has 0 radical (unpaired) electrons. The lowest BCUT2D eigenvalue weighted by Gasteiger charge is -2.33. The maximum Gasteiger partial charge on any atom is 0.326 e. The van der Waals surface area contributed by atoms with Gasteiger partial charge >= 0.3 is 35.8 Å². The summed E-state index contributed by atoms with van der Waals surface area (Å²) in [6, 6.07) is 0. The number of likely N-dealkylation sites (N-methyl/N-ethyl adjacent to an activating group) is 6. The molecule has 0 saturated heterocycles. The van der Waals surface area contributed by atoms with Gasteiger partial charge in [-0.25, -0.2) is 0 Å². The minimum atomic E-state index is -0.587. The van der Waals surface area contributed by atoms with Crippen molar-refractivity contribution in [2.24, 2.45) is 0 Å². The molecule has 0 spiro atoms. The predicted octanol–water partition coefficient (Wildman–Crippen LogP) is 12.2. The van der Waals surface area contributed by atoms with E-state index < -0.39 is 33.2 Å². The van der Waals surface area contributed by atoms with E-state index in [9.17, 15) is 28.8 Å². The monoisotopic (exact) mass is 1240 g/mol. The SMILES string of the molecule is C=CCC(C)(C(=O)OC)N(C)C.C=CCCC(C)(C(=O)OC)N(C)C.C=CCCCC(C)(C(=O)OC)N(C)C.C=CCCCCC(C)(C(=O)OC)N(C)C.C=CCCCCCC(C)(C(=O)OC)N(C)C.C=CCCCCCCC(C)(C(=O)OC)N(C)C. The van der Waals surface area contributed by atoms with Crippen molar-refractivity contribution in [2.75, 3.05) is 127 Å². The number of esters is 6. The van der Waals surface area contributed by atoms with Gasteiger partial charge in [0.15, 0.2) is 0 Å². The summed E-state index contributed by atoms with van der Waals surface area (Å²) in [6.45, 7) is 33.4. The molecule has 0 aromatic heterocycles. The molecule has 510 valence electrons. The first-order chi connectivity index (χ1) is 40.4. The fourth-order valence-electron chi connectivity index (χ4n) is 8.37. The molecule has 0 bridgehead atoms. The third-order valence-electron chi connectivity index (χ3n) is 16.8. The van der Waals surface area contributed by atoms with Crippen LogP contribution in [0.2, 0.25) is 0 Å². The van der Waals surface area contributed by atoms with Crippen LogP contribution in [-0.2, 0) is 57.2 Å². The van der Waals surface area contributed by atoms with Crippen molar-refractivity contribution in [1.29, 1.82) is 0 Å². The van der Waals surface area contributed by atoms with Crippen LogP contribution in [0.5, 0.6) is 0 Å². The lowest BCUT2D eigenvalue weighted by Crippen LogP contribution is -2.49. The van der Waals surface area contributed by atoms with Gasteiger partial charge in [0.1, 0.15) is 33.2 Å². The Bertz CT molecular complexity index is 1940. The highest BCUT2D eigenvalue weighted by molar-refractivity contribution is 5.82. The molecule has 18 nitrogen and oxygen atoms in total. The van der Waals surface area contributed by atoms with Gasteiger partial charge in [-0.1, -0.05) is 75.0 Å². The Morgan fingerprint density at radius 1 is 0.264 bits per heavy atom. The molecule has 0 rings (SSSR count). The zero-order chi connectivity index (χ0) is 69.3. The molecule has 0 aliphatic rings. The summed E-state index contributed by atoms with van der Waals surface area (Å²) in [5.74, 6) is -1.06. The van der Waals surface area contributed by atoms with Crippen molar-refractivity contribution >= 4 is 35.8 Å². The number of rotatable bonds is 39. The molecule has 0 aliphatic carbocycles. The van der Waals surface area contributed by atoms with Gasteiger partial charge in [-0.2, -0.15) is 0 Å². The summed E-state index contributed by atoms with van der Waals surface area (Å²) in [5.41, 5.74) is -3.14. The van der Waals surface area contributed by atoms with Crippen LogP contribution in [0.25, 0.3) is 0 Å². The maximum absolute atomic E-state index is 11.8. The van der Waals surface area contributed by atoms with Crippen LogP contribution >= 0.6 is 0 Å². The van der Waals surface area contributed by atoms with E-state index in [1.165, 1.54) is 55.5 Å². The number of hydrogen-bond donors (Lipinski definition) is 0. The van der Waals surface area contributed by atoms with Gasteiger partial charge in [-0.05, 0) is 222 Å². The number of methoxy groups -OCH3 is 6. The summed E-state index contributed by atoms with van der Waals surface area (Å²) < 4.78 is 28.8. The van der Waals surface area contributed by atoms with E-state index >= 15 is 0 Å². The lowest BCUT2D eigenvalue weighted by atomic mass is 9.92. The molecule has 18 heteroatoms. The first-order valence-electron chi connectivity index (χ1n) is 30.6. The summed E-state index contributed by atoms with van der Waals surface area (Å²) in [6.07, 6.45) is 31.7. The number of carbonyl (C=O) groups excluding carboxylic acids is 6. The van der Waals surface area contributed by atoms with Gasteiger partial charge < -0.3 is 28.4 Å². The minimum absolute atomic E-state index is 0.145. The average Bonchev–Trinajstić information content (AvgIpc) is 3.60. The summed E-state index contributed by atoms with van der Waals surface area (Å²) in [5, 5.41) is 0. The fraction of sp³-hybridized carbons (Fsp3) is 0.739. The van der Waals surface area contributed by atoms with E-state index in [-0.39, 0.29) is 35.8 Å². The Hall–Kier alpha value is -4.98. The maximum atomic E-state index is 11.8. The van der Waals surface area contributed by atoms with Crippen molar-refractivity contribution in [2.45, 2.75) is 210 Å². The molecule has 0 heterocycles. The molecule has 0 aromatic carbocycles. The quantitative estimate of drug-likeness (QED) is 0.0245. The van der Waals surface area contributed by atoms with Gasteiger partial charge in [-0.15, -0.1) is 39.5 Å². The number of ether oxygens (including phenoxy) is 6. The van der Waals surface area contributed by atoms with E-state index in [0.717, 1.165) is 116 Å². The van der Waals surface area contributed by atoms with E-state index in [1.807, 2.05) is 186 Å². The Morgan fingerprint density at radius 2 is 0.448 bits per heavy atom. The second kappa shape index (κ2) is 51.9. The molecule has 0 amide bonds. The molecule has 0 fully saturated rings. The molecule has 87 heavy (non-hydrogen) atoms. The number of carbonyl (C=O) groups is 6. The third-order valence-corrected chi connectivity index (χ3v) is 16.8. The number of allylic oxidation sites excluding steroid dienone is 5. The van der Waals surface area contributed by atoms with Crippen molar-refractivity contribution in [1.82, 2.24) is 29.4 Å². The highest BCUT2D eigenvalue weighted by Gasteiger charge is 2.40. The highest BCUT2D eigenvalue weighted by Crippen LogP contribution is 2.26. The van der Waals surface area contributed by atoms with Crippen molar-refractivity contribution in [3.63, 3.8) is 0 Å². The van der Waals surface area contributed by atoms with Crippen LogP contribution in [0.1, 0.15) is 176 Å². The highest BCUT2D eigenvalue weighted by atomic mass is 16.5. The van der Waals surface area contributed by atoms with Gasteiger partial charge in [0.2, 0.25) is 0 Å². The molecule has 0 aromatic rings. The van der Waals surface area contributed by atoms with Gasteiger partial charge in [0.05, 0.1) is 42.7 Å². The first-order valence-corrected chi connectivity index (χ1v) is 30.6. The van der Waals surface area contributed by atoms with E-state index in [1.54, 1.807) is 6.08 Å². The van der Waals surface area contributed by atoms with Crippen LogP contribution in [0.4, 0.5) is 0 Å². The summed E-state index contributed by atoms with van der Waals surface area (Å²) in [7, 11) is 31.3. The Morgan fingerprint density at radius 3 is 0.678 bits per heavy atom. The molecule has 0 aliphatic heterocycles. The predicted molar refractivity (Wildman–Crippen MR) is 363 cm³/mol. The Balaban J connectivity index is -0.000000227. The second-order valence-corrected chi connectivity index (χ2v) is 24.1. The van der Waals surface area contributed by atoms with Crippen molar-refractivity contribution in [3.8, 4) is 0 Å². The van der Waals surface area contributed by atoms with Gasteiger partial charge in [0, 0.05) is 0 Å². The normalized spacial score (nSPS) is 14.8. The Labute approximate surface area is 533 Å². The zero-order valence-electron chi connectivity index (χ0n) is 60.1. The summed E-state index contributed by atoms with van der Waals surface area (Å²) in [4.78, 5) is 81.0. The first kappa shape index (κ1) is 93.2.